The van der Waals surface area contributed by atoms with Crippen molar-refractivity contribution in [3.05, 3.63) is 101 Å². The highest BCUT2D eigenvalue weighted by molar-refractivity contribution is 5.95. The molecule has 0 bridgehead atoms. The number of imide groups is 1. The molecular formula is C39H45N3O8. The van der Waals surface area contributed by atoms with Gasteiger partial charge in [-0.3, -0.25) is 4.79 Å². The fourth-order valence-electron chi connectivity index (χ4n) is 6.89. The van der Waals surface area contributed by atoms with Crippen LogP contribution in [0.3, 0.4) is 0 Å². The predicted molar refractivity (Wildman–Crippen MR) is 184 cm³/mol. The molecule has 11 nitrogen and oxygen atoms in total. The summed E-state index contributed by atoms with van der Waals surface area (Å²) in [7, 11) is 0. The largest absolute Gasteiger partial charge is 0.493 e. The first kappa shape index (κ1) is 34.8. The molecule has 4 atom stereocenters. The third-order valence-electron chi connectivity index (χ3n) is 9.35. The lowest BCUT2D eigenvalue weighted by Gasteiger charge is -2.30. The minimum absolute atomic E-state index is 0.116. The second-order valence-corrected chi connectivity index (χ2v) is 14.2. The van der Waals surface area contributed by atoms with Gasteiger partial charge in [0.1, 0.15) is 24.6 Å². The van der Waals surface area contributed by atoms with E-state index in [1.807, 2.05) is 99.6 Å². The summed E-state index contributed by atoms with van der Waals surface area (Å²) in [5.74, 6) is -0.525. The lowest BCUT2D eigenvalue weighted by Crippen LogP contribution is -2.46. The maximum Gasteiger partial charge on any atom is 0.416 e. The number of alkyl carbamates (subject to hydrolysis) is 1. The number of carbonyl (C=O) groups is 4. The molecule has 11 heteroatoms. The number of ether oxygens (including phenoxy) is 4. The quantitative estimate of drug-likeness (QED) is 0.256. The van der Waals surface area contributed by atoms with E-state index in [2.05, 4.69) is 5.32 Å². The van der Waals surface area contributed by atoms with Gasteiger partial charge >= 0.3 is 18.3 Å². The molecule has 3 aromatic carbocycles. The first-order valence-corrected chi connectivity index (χ1v) is 17.3. The van der Waals surface area contributed by atoms with Crippen LogP contribution in [0.25, 0.3) is 0 Å². The van der Waals surface area contributed by atoms with Crippen LogP contribution in [0.5, 0.6) is 5.75 Å². The highest BCUT2D eigenvalue weighted by Gasteiger charge is 2.45. The van der Waals surface area contributed by atoms with Gasteiger partial charge in [-0.25, -0.2) is 19.3 Å². The Labute approximate surface area is 292 Å². The number of hydrogen-bond donors (Lipinski definition) is 1. The smallest absolute Gasteiger partial charge is 0.416 e. The summed E-state index contributed by atoms with van der Waals surface area (Å²) in [6, 6.07) is 24.1. The van der Waals surface area contributed by atoms with Crippen LogP contribution in [-0.2, 0) is 38.5 Å². The van der Waals surface area contributed by atoms with E-state index in [1.165, 1.54) is 4.90 Å². The number of carbonyl (C=O) groups excluding carboxylic acids is 4. The van der Waals surface area contributed by atoms with Gasteiger partial charge in [-0.2, -0.15) is 0 Å². The third-order valence-corrected chi connectivity index (χ3v) is 9.35. The van der Waals surface area contributed by atoms with E-state index in [1.54, 1.807) is 4.90 Å². The third kappa shape index (κ3) is 8.56. The lowest BCUT2D eigenvalue weighted by atomic mass is 9.83. The van der Waals surface area contributed by atoms with Crippen LogP contribution in [0.4, 0.5) is 14.4 Å². The van der Waals surface area contributed by atoms with Gasteiger partial charge in [0, 0.05) is 31.0 Å². The molecule has 2 saturated heterocycles. The normalized spacial score (nSPS) is 20.7. The highest BCUT2D eigenvalue weighted by Crippen LogP contribution is 2.36. The van der Waals surface area contributed by atoms with E-state index in [0.717, 1.165) is 22.3 Å². The molecule has 264 valence electrons. The average Bonchev–Trinajstić information content (AvgIpc) is 3.73. The zero-order valence-corrected chi connectivity index (χ0v) is 28.8. The van der Waals surface area contributed by atoms with Crippen molar-refractivity contribution in [2.75, 3.05) is 26.3 Å². The summed E-state index contributed by atoms with van der Waals surface area (Å²) < 4.78 is 22.5. The Morgan fingerprint density at radius 3 is 2.36 bits per heavy atom. The van der Waals surface area contributed by atoms with Crippen LogP contribution >= 0.6 is 0 Å². The molecule has 0 saturated carbocycles. The van der Waals surface area contributed by atoms with Crippen molar-refractivity contribution in [2.45, 2.75) is 70.7 Å². The standard InChI is InChI=1S/C39H45N3O8/c1-39(2,3)50-37(45)41-18-16-29(23-41)31(35(43)42-30(25-49-38(42)46)20-26-10-6-4-7-11-26)21-28-14-15-34-32(22-28)33(17-19-47-34)40-36(44)48-24-27-12-8-5-9-13-27/h4-15,22,29-31,33H,16-21,23-25H2,1-3H3,(H,40,44)/t29-,30-,31-,33?/m0/s1. The molecule has 3 aliphatic heterocycles. The van der Waals surface area contributed by atoms with Crippen LogP contribution in [0.2, 0.25) is 0 Å². The predicted octanol–water partition coefficient (Wildman–Crippen LogP) is 6.44. The van der Waals surface area contributed by atoms with Crippen molar-refractivity contribution in [1.29, 1.82) is 0 Å². The molecule has 4 amide bonds. The van der Waals surface area contributed by atoms with Gasteiger partial charge in [-0.15, -0.1) is 0 Å². The van der Waals surface area contributed by atoms with E-state index >= 15 is 0 Å². The minimum atomic E-state index is -0.655. The van der Waals surface area contributed by atoms with Crippen LogP contribution in [-0.4, -0.2) is 71.9 Å². The molecule has 3 aromatic rings. The van der Waals surface area contributed by atoms with Crippen molar-refractivity contribution in [3.63, 3.8) is 0 Å². The maximum absolute atomic E-state index is 14.5. The molecule has 0 radical (unpaired) electrons. The fourth-order valence-corrected chi connectivity index (χ4v) is 6.89. The molecule has 2 fully saturated rings. The van der Waals surface area contributed by atoms with Crippen molar-refractivity contribution in [3.8, 4) is 5.75 Å². The van der Waals surface area contributed by atoms with Gasteiger partial charge in [-0.05, 0) is 68.7 Å². The minimum Gasteiger partial charge on any atom is -0.493 e. The number of nitrogens with zero attached hydrogens (tertiary/aromatic N) is 2. The molecule has 50 heavy (non-hydrogen) atoms. The Kier molecular flexibility index (Phi) is 10.6. The number of likely N-dealkylation sites (tertiary alicyclic amines) is 1. The van der Waals surface area contributed by atoms with E-state index < -0.39 is 35.8 Å². The summed E-state index contributed by atoms with van der Waals surface area (Å²) in [5, 5.41) is 2.98. The summed E-state index contributed by atoms with van der Waals surface area (Å²) in [6.07, 6.45) is 0.305. The van der Waals surface area contributed by atoms with Gasteiger partial charge in [0.15, 0.2) is 0 Å². The first-order chi connectivity index (χ1) is 24.0. The molecule has 0 aromatic heterocycles. The molecule has 0 aliphatic carbocycles. The number of fused-ring (bicyclic) bond motifs is 1. The molecule has 0 spiro atoms. The van der Waals surface area contributed by atoms with Crippen LogP contribution < -0.4 is 10.1 Å². The number of benzene rings is 3. The summed E-state index contributed by atoms with van der Waals surface area (Å²) in [6.45, 7) is 6.92. The first-order valence-electron chi connectivity index (χ1n) is 17.3. The topological polar surface area (TPSA) is 124 Å². The molecule has 1 N–H and O–H groups in total. The van der Waals surface area contributed by atoms with Crippen molar-refractivity contribution in [2.24, 2.45) is 11.8 Å². The van der Waals surface area contributed by atoms with Gasteiger partial charge in [0.2, 0.25) is 5.91 Å². The number of nitrogens with one attached hydrogen (secondary N) is 1. The number of cyclic esters (lactones) is 1. The summed E-state index contributed by atoms with van der Waals surface area (Å²) in [5.41, 5.74) is 2.87. The van der Waals surface area contributed by atoms with Crippen LogP contribution in [0.15, 0.2) is 78.9 Å². The molecule has 3 aliphatic rings. The zero-order valence-electron chi connectivity index (χ0n) is 28.8. The van der Waals surface area contributed by atoms with Crippen molar-refractivity contribution >= 4 is 24.2 Å². The van der Waals surface area contributed by atoms with Gasteiger partial charge in [0.25, 0.3) is 0 Å². The summed E-state index contributed by atoms with van der Waals surface area (Å²) >= 11 is 0. The van der Waals surface area contributed by atoms with Gasteiger partial charge in [0.05, 0.1) is 18.7 Å². The Bertz CT molecular complexity index is 1680. The van der Waals surface area contributed by atoms with Crippen LogP contribution in [0, 0.1) is 11.8 Å². The van der Waals surface area contributed by atoms with Crippen molar-refractivity contribution in [1.82, 2.24) is 15.1 Å². The summed E-state index contributed by atoms with van der Waals surface area (Å²) in [4.78, 5) is 56.4. The highest BCUT2D eigenvalue weighted by atomic mass is 16.6. The van der Waals surface area contributed by atoms with Gasteiger partial charge < -0.3 is 29.2 Å². The fraction of sp³-hybridized carbons (Fsp3) is 0.436. The second kappa shape index (κ2) is 15.2. The average molecular weight is 684 g/mol. The molecule has 1 unspecified atom stereocenters. The Morgan fingerprint density at radius 1 is 0.920 bits per heavy atom. The zero-order chi connectivity index (χ0) is 35.3. The van der Waals surface area contributed by atoms with E-state index in [0.29, 0.717) is 51.1 Å². The Hall–Kier alpha value is -5.06. The number of amides is 4. The molecular weight excluding hydrogens is 638 g/mol. The molecule has 3 heterocycles. The van der Waals surface area contributed by atoms with E-state index in [4.69, 9.17) is 18.9 Å². The van der Waals surface area contributed by atoms with Crippen LogP contribution in [0.1, 0.15) is 61.9 Å². The SMILES string of the molecule is CC(C)(C)OC(=O)N1CC[C@H]([C@H](Cc2ccc3c(c2)C(NC(=O)OCc2ccccc2)CCO3)C(=O)N2C(=O)OC[C@@H]2Cc2ccccc2)C1. The molecule has 6 rings (SSSR count). The van der Waals surface area contributed by atoms with E-state index in [9.17, 15) is 19.2 Å². The monoisotopic (exact) mass is 683 g/mol. The number of rotatable bonds is 9. The van der Waals surface area contributed by atoms with Crippen molar-refractivity contribution < 1.29 is 38.1 Å². The van der Waals surface area contributed by atoms with E-state index in [-0.39, 0.29) is 31.1 Å². The maximum atomic E-state index is 14.5. The number of hydrogen-bond acceptors (Lipinski definition) is 8. The lowest BCUT2D eigenvalue weighted by molar-refractivity contribution is -0.135. The van der Waals surface area contributed by atoms with Gasteiger partial charge in [-0.1, -0.05) is 72.8 Å². The Balaban J connectivity index is 1.22. The Morgan fingerprint density at radius 2 is 1.64 bits per heavy atom. The second-order valence-electron chi connectivity index (χ2n) is 14.2.